The predicted molar refractivity (Wildman–Crippen MR) is 59.5 cm³/mol. The van der Waals surface area contributed by atoms with Crippen LogP contribution in [0.15, 0.2) is 24.3 Å². The SMILES string of the molecule is O=C(O)[C@H]1CNCC[C@@H]1c1cccc(O)c1. The van der Waals surface area contributed by atoms with Gasteiger partial charge in [-0.1, -0.05) is 12.1 Å². The molecule has 1 aliphatic rings. The lowest BCUT2D eigenvalue weighted by Gasteiger charge is -2.29. The molecule has 1 aliphatic heterocycles. The molecule has 1 aromatic carbocycles. The molecule has 0 unspecified atom stereocenters. The van der Waals surface area contributed by atoms with E-state index in [1.807, 2.05) is 6.07 Å². The van der Waals surface area contributed by atoms with Crippen molar-refractivity contribution in [1.29, 1.82) is 0 Å². The fraction of sp³-hybridized carbons (Fsp3) is 0.417. The van der Waals surface area contributed by atoms with Crippen molar-refractivity contribution in [3.63, 3.8) is 0 Å². The summed E-state index contributed by atoms with van der Waals surface area (Å²) in [7, 11) is 0. The number of phenolic OH excluding ortho intramolecular Hbond substituents is 1. The van der Waals surface area contributed by atoms with E-state index in [1.54, 1.807) is 18.2 Å². The third kappa shape index (κ3) is 2.17. The monoisotopic (exact) mass is 221 g/mol. The molecule has 3 N–H and O–H groups in total. The first-order chi connectivity index (χ1) is 7.68. The van der Waals surface area contributed by atoms with E-state index in [1.165, 1.54) is 0 Å². The minimum Gasteiger partial charge on any atom is -0.508 e. The number of piperidine rings is 1. The number of hydrogen-bond acceptors (Lipinski definition) is 3. The number of carbonyl (C=O) groups is 1. The Kier molecular flexibility index (Phi) is 3.10. The molecule has 0 aliphatic carbocycles. The third-order valence-electron chi connectivity index (χ3n) is 3.10. The van der Waals surface area contributed by atoms with Gasteiger partial charge in [0.05, 0.1) is 5.92 Å². The molecule has 0 aromatic heterocycles. The van der Waals surface area contributed by atoms with Crippen LogP contribution in [-0.4, -0.2) is 29.3 Å². The van der Waals surface area contributed by atoms with Gasteiger partial charge < -0.3 is 15.5 Å². The predicted octanol–water partition coefficient (Wildman–Crippen LogP) is 1.17. The quantitative estimate of drug-likeness (QED) is 0.701. The van der Waals surface area contributed by atoms with Crippen molar-refractivity contribution in [2.45, 2.75) is 12.3 Å². The molecule has 86 valence electrons. The summed E-state index contributed by atoms with van der Waals surface area (Å²) in [5, 5.41) is 21.6. The molecular formula is C12H15NO3. The molecule has 4 heteroatoms. The molecule has 0 radical (unpaired) electrons. The van der Waals surface area contributed by atoms with Crippen molar-refractivity contribution in [2.24, 2.45) is 5.92 Å². The fourth-order valence-corrected chi connectivity index (χ4v) is 2.27. The van der Waals surface area contributed by atoms with Crippen LogP contribution in [-0.2, 0) is 4.79 Å². The number of hydrogen-bond donors (Lipinski definition) is 3. The summed E-state index contributed by atoms with van der Waals surface area (Å²) in [5.74, 6) is -0.998. The number of phenols is 1. The van der Waals surface area contributed by atoms with Gasteiger partial charge in [0.1, 0.15) is 5.75 Å². The first-order valence-electron chi connectivity index (χ1n) is 5.41. The normalized spacial score (nSPS) is 25.2. The summed E-state index contributed by atoms with van der Waals surface area (Å²) >= 11 is 0. The molecule has 1 fully saturated rings. The Morgan fingerprint density at radius 1 is 1.44 bits per heavy atom. The van der Waals surface area contributed by atoms with Gasteiger partial charge in [-0.3, -0.25) is 4.79 Å². The summed E-state index contributed by atoms with van der Waals surface area (Å²) in [4.78, 5) is 11.1. The Hall–Kier alpha value is -1.55. The van der Waals surface area contributed by atoms with Crippen molar-refractivity contribution in [1.82, 2.24) is 5.32 Å². The van der Waals surface area contributed by atoms with Crippen LogP contribution in [0, 0.1) is 5.92 Å². The Balaban J connectivity index is 2.26. The molecule has 0 saturated carbocycles. The molecule has 2 atom stereocenters. The fourth-order valence-electron chi connectivity index (χ4n) is 2.27. The average Bonchev–Trinajstić information content (AvgIpc) is 2.29. The topological polar surface area (TPSA) is 69.6 Å². The minimum absolute atomic E-state index is 0.00847. The van der Waals surface area contributed by atoms with Crippen LogP contribution in [0.1, 0.15) is 17.9 Å². The van der Waals surface area contributed by atoms with Gasteiger partial charge in [0.25, 0.3) is 0 Å². The van der Waals surface area contributed by atoms with Crippen LogP contribution in [0.25, 0.3) is 0 Å². The van der Waals surface area contributed by atoms with E-state index in [4.69, 9.17) is 5.11 Å². The zero-order valence-electron chi connectivity index (χ0n) is 8.89. The summed E-state index contributed by atoms with van der Waals surface area (Å²) in [6.07, 6.45) is 0.792. The van der Waals surface area contributed by atoms with Crippen LogP contribution >= 0.6 is 0 Å². The molecular weight excluding hydrogens is 206 g/mol. The van der Waals surface area contributed by atoms with Gasteiger partial charge in [-0.05, 0) is 36.6 Å². The summed E-state index contributed by atoms with van der Waals surface area (Å²) in [6.45, 7) is 1.32. The Morgan fingerprint density at radius 3 is 2.94 bits per heavy atom. The maximum atomic E-state index is 11.1. The van der Waals surface area contributed by atoms with Gasteiger partial charge >= 0.3 is 5.97 Å². The van der Waals surface area contributed by atoms with Crippen LogP contribution < -0.4 is 5.32 Å². The molecule has 1 saturated heterocycles. The van der Waals surface area contributed by atoms with Crippen LogP contribution in [0.2, 0.25) is 0 Å². The van der Waals surface area contributed by atoms with E-state index in [9.17, 15) is 9.90 Å². The maximum Gasteiger partial charge on any atom is 0.308 e. The highest BCUT2D eigenvalue weighted by atomic mass is 16.4. The lowest BCUT2D eigenvalue weighted by atomic mass is 9.81. The van der Waals surface area contributed by atoms with Gasteiger partial charge in [-0.2, -0.15) is 0 Å². The van der Waals surface area contributed by atoms with Gasteiger partial charge in [0.2, 0.25) is 0 Å². The van der Waals surface area contributed by atoms with E-state index < -0.39 is 11.9 Å². The summed E-state index contributed by atoms with van der Waals surface area (Å²) in [6, 6.07) is 6.89. The molecule has 0 bridgehead atoms. The van der Waals surface area contributed by atoms with Gasteiger partial charge in [-0.25, -0.2) is 0 Å². The standard InChI is InChI=1S/C12H15NO3/c14-9-3-1-2-8(6-9)10-4-5-13-7-11(10)12(15)16/h1-3,6,10-11,13-14H,4-5,7H2,(H,15,16)/t10-,11+/m1/s1. The number of benzene rings is 1. The van der Waals surface area contributed by atoms with Gasteiger partial charge in [-0.15, -0.1) is 0 Å². The number of aliphatic carboxylic acids is 1. The number of aromatic hydroxyl groups is 1. The maximum absolute atomic E-state index is 11.1. The van der Waals surface area contributed by atoms with E-state index in [-0.39, 0.29) is 11.7 Å². The third-order valence-corrected chi connectivity index (χ3v) is 3.10. The minimum atomic E-state index is -0.777. The smallest absolute Gasteiger partial charge is 0.308 e. The Labute approximate surface area is 93.9 Å². The first kappa shape index (κ1) is 11.0. The van der Waals surface area contributed by atoms with E-state index in [0.29, 0.717) is 6.54 Å². The second kappa shape index (κ2) is 4.53. The van der Waals surface area contributed by atoms with Crippen molar-refractivity contribution >= 4 is 5.97 Å². The number of rotatable bonds is 2. The number of nitrogens with one attached hydrogen (secondary N) is 1. The van der Waals surface area contributed by atoms with Crippen molar-refractivity contribution in [3.8, 4) is 5.75 Å². The highest BCUT2D eigenvalue weighted by molar-refractivity contribution is 5.72. The number of carboxylic acid groups (broad SMARTS) is 1. The summed E-state index contributed by atoms with van der Waals surface area (Å²) in [5.41, 5.74) is 0.911. The van der Waals surface area contributed by atoms with Crippen LogP contribution in [0.3, 0.4) is 0 Å². The molecule has 0 spiro atoms. The second-order valence-corrected chi connectivity index (χ2v) is 4.14. The average molecular weight is 221 g/mol. The van der Waals surface area contributed by atoms with E-state index in [2.05, 4.69) is 5.32 Å². The highest BCUT2D eigenvalue weighted by Gasteiger charge is 2.31. The van der Waals surface area contributed by atoms with Gasteiger partial charge in [0, 0.05) is 6.54 Å². The van der Waals surface area contributed by atoms with E-state index in [0.717, 1.165) is 18.5 Å². The van der Waals surface area contributed by atoms with E-state index >= 15 is 0 Å². The molecule has 0 amide bonds. The summed E-state index contributed by atoms with van der Waals surface area (Å²) < 4.78 is 0. The van der Waals surface area contributed by atoms with Crippen molar-refractivity contribution < 1.29 is 15.0 Å². The Morgan fingerprint density at radius 2 is 2.25 bits per heavy atom. The lowest BCUT2D eigenvalue weighted by Crippen LogP contribution is -2.39. The van der Waals surface area contributed by atoms with Gasteiger partial charge in [0.15, 0.2) is 0 Å². The largest absolute Gasteiger partial charge is 0.508 e. The van der Waals surface area contributed by atoms with Crippen molar-refractivity contribution in [3.05, 3.63) is 29.8 Å². The zero-order chi connectivity index (χ0) is 11.5. The zero-order valence-corrected chi connectivity index (χ0v) is 8.89. The molecule has 2 rings (SSSR count). The molecule has 1 aromatic rings. The first-order valence-corrected chi connectivity index (χ1v) is 5.41. The molecule has 1 heterocycles. The molecule has 4 nitrogen and oxygen atoms in total. The second-order valence-electron chi connectivity index (χ2n) is 4.14. The van der Waals surface area contributed by atoms with Crippen molar-refractivity contribution in [2.75, 3.05) is 13.1 Å². The lowest BCUT2D eigenvalue weighted by molar-refractivity contribution is -0.142. The van der Waals surface area contributed by atoms with Crippen LogP contribution in [0.5, 0.6) is 5.75 Å². The van der Waals surface area contributed by atoms with Crippen LogP contribution in [0.4, 0.5) is 0 Å². The highest BCUT2D eigenvalue weighted by Crippen LogP contribution is 2.31. The Bertz CT molecular complexity index is 392. The molecule has 16 heavy (non-hydrogen) atoms. The number of carboxylic acids is 1.